The Kier molecular flexibility index (Phi) is 12.5. The first kappa shape index (κ1) is 43.2. The smallest absolute Gasteiger partial charge is 0.419 e. The maximum absolute atomic E-state index is 15.1. The molecule has 1 unspecified atom stereocenters. The highest BCUT2D eigenvalue weighted by molar-refractivity contribution is 7.81. The van der Waals surface area contributed by atoms with Crippen molar-refractivity contribution in [1.29, 1.82) is 5.26 Å². The number of piperidine rings is 1. The molecular weight excluding hydrogens is 798 g/mol. The maximum Gasteiger partial charge on any atom is 0.419 e. The van der Waals surface area contributed by atoms with Crippen molar-refractivity contribution in [2.75, 3.05) is 55.7 Å². The molecule has 3 aliphatic rings. The van der Waals surface area contributed by atoms with Crippen molar-refractivity contribution >= 4 is 52.2 Å². The van der Waals surface area contributed by atoms with E-state index in [1.165, 1.54) is 36.9 Å². The van der Waals surface area contributed by atoms with Gasteiger partial charge in [0.15, 0.2) is 16.6 Å². The number of nitrogens with one attached hydrogen (secondary N) is 1. The van der Waals surface area contributed by atoms with Crippen LogP contribution >= 0.6 is 12.2 Å². The summed E-state index contributed by atoms with van der Waals surface area (Å²) in [6.45, 7) is 6.86. The van der Waals surface area contributed by atoms with Gasteiger partial charge in [-0.2, -0.15) is 18.4 Å². The Morgan fingerprint density at radius 3 is 2.32 bits per heavy atom. The van der Waals surface area contributed by atoms with Gasteiger partial charge in [-0.1, -0.05) is 24.3 Å². The lowest BCUT2D eigenvalue weighted by Crippen LogP contribution is -2.49. The van der Waals surface area contributed by atoms with Gasteiger partial charge < -0.3 is 9.64 Å². The van der Waals surface area contributed by atoms with Crippen LogP contribution in [0.25, 0.3) is 0 Å². The normalized spacial score (nSPS) is 19.2. The number of thiocarbonyl (C=S) groups is 1. The number of pyridine rings is 1. The van der Waals surface area contributed by atoms with Crippen LogP contribution in [0.5, 0.6) is 5.75 Å². The fraction of sp³-hybridized carbons (Fsp3) is 0.439. The molecule has 3 fully saturated rings. The van der Waals surface area contributed by atoms with Gasteiger partial charge in [-0.25, -0.2) is 13.8 Å². The number of ketones is 1. The third-order valence-electron chi connectivity index (χ3n) is 10.7. The monoisotopic (exact) mass is 839 g/mol. The largest absolute Gasteiger partial charge is 0.492 e. The molecule has 0 radical (unpaired) electrons. The Hall–Kier alpha value is -5.38. The second-order valence-corrected chi connectivity index (χ2v) is 15.8. The van der Waals surface area contributed by atoms with Gasteiger partial charge in [-0.3, -0.25) is 39.2 Å². The van der Waals surface area contributed by atoms with Gasteiger partial charge in [0, 0.05) is 64.1 Å². The molecule has 4 heterocycles. The number of carbonyl (C=O) groups excluding carboxylic acids is 4. The summed E-state index contributed by atoms with van der Waals surface area (Å²) in [4.78, 5) is 60.1. The highest BCUT2D eigenvalue weighted by atomic mass is 32.1. The first-order chi connectivity index (χ1) is 27.8. The molecule has 1 aromatic heterocycles. The molecule has 1 N–H and O–H groups in total. The fourth-order valence-corrected chi connectivity index (χ4v) is 8.06. The van der Waals surface area contributed by atoms with E-state index in [4.69, 9.17) is 22.2 Å². The molecule has 3 amide bonds. The molecule has 59 heavy (non-hydrogen) atoms. The van der Waals surface area contributed by atoms with Crippen molar-refractivity contribution in [3.63, 3.8) is 0 Å². The summed E-state index contributed by atoms with van der Waals surface area (Å²) >= 11 is 5.55. The van der Waals surface area contributed by atoms with Gasteiger partial charge in [-0.15, -0.1) is 0 Å². The molecule has 12 nitrogen and oxygen atoms in total. The molecule has 0 aliphatic carbocycles. The van der Waals surface area contributed by atoms with Crippen LogP contribution in [-0.4, -0.2) is 94.8 Å². The lowest BCUT2D eigenvalue weighted by molar-refractivity contribution is -0.138. The van der Waals surface area contributed by atoms with Crippen LogP contribution in [0.4, 0.5) is 33.3 Å². The average molecular weight is 840 g/mol. The number of hydrogen-bond donors (Lipinski definition) is 1. The minimum absolute atomic E-state index is 0.0495. The quantitative estimate of drug-likeness (QED) is 0.135. The van der Waals surface area contributed by atoms with E-state index < -0.39 is 40.4 Å². The third kappa shape index (κ3) is 9.75. The number of nitriles is 1. The van der Waals surface area contributed by atoms with E-state index in [-0.39, 0.29) is 65.3 Å². The van der Waals surface area contributed by atoms with E-state index in [9.17, 15) is 32.3 Å². The van der Waals surface area contributed by atoms with Gasteiger partial charge in [0.25, 0.3) is 11.8 Å². The van der Waals surface area contributed by atoms with Crippen molar-refractivity contribution < 1.29 is 45.9 Å². The summed E-state index contributed by atoms with van der Waals surface area (Å²) in [5.41, 5.74) is -2.68. The molecule has 3 saturated heterocycles. The minimum atomic E-state index is -4.95. The number of hydrogen-bond acceptors (Lipinski definition) is 10. The van der Waals surface area contributed by atoms with Gasteiger partial charge in [0.05, 0.1) is 29.6 Å². The van der Waals surface area contributed by atoms with E-state index in [2.05, 4.69) is 20.1 Å². The highest BCUT2D eigenvalue weighted by Crippen LogP contribution is 2.42. The zero-order valence-electron chi connectivity index (χ0n) is 32.6. The van der Waals surface area contributed by atoms with Gasteiger partial charge in [0.1, 0.15) is 24.0 Å². The number of piperazine rings is 1. The lowest BCUT2D eigenvalue weighted by Gasteiger charge is -2.34. The number of imide groups is 1. The predicted octanol–water partition coefficient (Wildman–Crippen LogP) is 5.40. The summed E-state index contributed by atoms with van der Waals surface area (Å²) in [6.07, 6.45) is -2.47. The maximum atomic E-state index is 15.1. The van der Waals surface area contributed by atoms with Crippen molar-refractivity contribution in [3.8, 4) is 11.8 Å². The molecule has 3 aliphatic heterocycles. The lowest BCUT2D eigenvalue weighted by atomic mass is 9.90. The highest BCUT2D eigenvalue weighted by Gasteiger charge is 2.51. The number of carbonyl (C=O) groups is 4. The molecule has 312 valence electrons. The first-order valence-corrected chi connectivity index (χ1v) is 19.4. The second kappa shape index (κ2) is 17.1. The second-order valence-electron chi connectivity index (χ2n) is 15.4. The minimum Gasteiger partial charge on any atom is -0.492 e. The van der Waals surface area contributed by atoms with E-state index in [0.717, 1.165) is 28.3 Å². The van der Waals surface area contributed by atoms with Gasteiger partial charge in [-0.05, 0) is 74.3 Å². The third-order valence-corrected chi connectivity index (χ3v) is 11.0. The van der Waals surface area contributed by atoms with Gasteiger partial charge in [0.2, 0.25) is 11.8 Å². The number of Topliss-reactive ketones (excluding diaryl/α,β-unsaturated/α-hetero) is 1. The van der Waals surface area contributed by atoms with Crippen molar-refractivity contribution in [2.24, 2.45) is 5.92 Å². The summed E-state index contributed by atoms with van der Waals surface area (Å²) in [5, 5.41) is 11.3. The van der Waals surface area contributed by atoms with E-state index in [1.807, 2.05) is 24.3 Å². The Balaban J connectivity index is 1.03. The van der Waals surface area contributed by atoms with Crippen molar-refractivity contribution in [1.82, 2.24) is 20.1 Å². The fourth-order valence-electron chi connectivity index (χ4n) is 7.54. The van der Waals surface area contributed by atoms with Crippen LogP contribution in [0, 0.1) is 17.2 Å². The molecule has 0 saturated carbocycles. The van der Waals surface area contributed by atoms with Gasteiger partial charge >= 0.3 is 6.18 Å². The number of ether oxygens (including phenoxy) is 1. The number of amides is 3. The van der Waals surface area contributed by atoms with Crippen LogP contribution in [0.2, 0.25) is 0 Å². The van der Waals surface area contributed by atoms with Crippen LogP contribution < -0.4 is 19.9 Å². The van der Waals surface area contributed by atoms with E-state index in [0.29, 0.717) is 65.0 Å². The van der Waals surface area contributed by atoms with Crippen LogP contribution in [0.1, 0.15) is 61.6 Å². The van der Waals surface area contributed by atoms with Crippen LogP contribution in [0.15, 0.2) is 54.7 Å². The summed E-state index contributed by atoms with van der Waals surface area (Å²) in [6, 6.07) is 13.5. The Labute approximate surface area is 342 Å². The van der Waals surface area contributed by atoms with E-state index >= 15 is 8.78 Å². The molecule has 3 aromatic rings. The molecule has 18 heteroatoms. The molecule has 2 aromatic carbocycles. The number of alkyl halides is 5. The Morgan fingerprint density at radius 1 is 0.983 bits per heavy atom. The number of rotatable bonds is 13. The number of nitrogens with zero attached hydrogens (tertiary/aromatic N) is 6. The molecule has 0 spiro atoms. The summed E-state index contributed by atoms with van der Waals surface area (Å²) in [5.74, 6) is -4.98. The molecule has 0 bridgehead atoms. The number of aromatic nitrogens is 1. The van der Waals surface area contributed by atoms with E-state index in [1.54, 1.807) is 0 Å². The summed E-state index contributed by atoms with van der Waals surface area (Å²) in [7, 11) is 0. The SMILES string of the molecule is CC(F)(F)c1cc(N2C(=S)N(c3cnc(C#N)c(C(F)(F)F)c3)C(=O)C2(C)C)ccc1OCCN1CCN(CC(=O)Cc2cccc(CC3CCC(=O)NC3=O)c2)CC1. The van der Waals surface area contributed by atoms with Crippen molar-refractivity contribution in [2.45, 2.75) is 64.1 Å². The Bertz CT molecular complexity index is 2200. The zero-order valence-corrected chi connectivity index (χ0v) is 33.4. The van der Waals surface area contributed by atoms with Crippen LogP contribution in [-0.2, 0) is 44.1 Å². The zero-order chi connectivity index (χ0) is 42.9. The molecular formula is C41H42F5N7O5S. The standard InChI is InChI=1S/C41H42F5N7O5S/c1-39(2)37(57)52(29-21-31(41(44,45)46)33(22-47)48-23-29)38(59)53(39)28-8-9-34(32(20-28)40(3,42)43)58-16-15-50-11-13-51(14-12-50)24-30(54)19-26-6-4-5-25(17-26)18-27-7-10-35(55)49-36(27)56/h4-6,8-9,17,20-21,23,27H,7,10-16,18-19,24H2,1-3H3,(H,49,55,56). The van der Waals surface area contributed by atoms with Crippen molar-refractivity contribution in [3.05, 3.63) is 82.7 Å². The molecule has 6 rings (SSSR count). The summed E-state index contributed by atoms with van der Waals surface area (Å²) < 4.78 is 77.2. The number of halogens is 5. The average Bonchev–Trinajstić information content (AvgIpc) is 3.34. The first-order valence-electron chi connectivity index (χ1n) is 19.0. The predicted molar refractivity (Wildman–Crippen MR) is 210 cm³/mol. The number of benzene rings is 2. The van der Waals surface area contributed by atoms with Crippen LogP contribution in [0.3, 0.4) is 0 Å². The number of anilines is 2. The Morgan fingerprint density at radius 2 is 1.66 bits per heavy atom. The molecule has 1 atom stereocenters. The topological polar surface area (TPSA) is 139 Å².